The highest BCUT2D eigenvalue weighted by Gasteiger charge is 2.16. The number of nitrogen functional groups attached to an aromatic ring is 1. The van der Waals surface area contributed by atoms with Crippen LogP contribution in [0.25, 0.3) is 16.5 Å². The van der Waals surface area contributed by atoms with E-state index in [1.165, 1.54) is 11.3 Å². The van der Waals surface area contributed by atoms with Gasteiger partial charge in [0.05, 0.1) is 0 Å². The molecule has 0 spiro atoms. The van der Waals surface area contributed by atoms with Gasteiger partial charge in [0.15, 0.2) is 0 Å². The average molecular weight is 263 g/mol. The van der Waals surface area contributed by atoms with Crippen molar-refractivity contribution in [3.63, 3.8) is 0 Å². The van der Waals surface area contributed by atoms with Crippen LogP contribution in [0.5, 0.6) is 0 Å². The van der Waals surface area contributed by atoms with E-state index in [1.54, 1.807) is 10.7 Å². The summed E-state index contributed by atoms with van der Waals surface area (Å²) >= 11 is 1.32. The molecule has 3 aromatic rings. The van der Waals surface area contributed by atoms with Crippen LogP contribution in [0.1, 0.15) is 13.8 Å². The van der Waals surface area contributed by atoms with Crippen LogP contribution in [-0.2, 0) is 6.54 Å². The van der Waals surface area contributed by atoms with Gasteiger partial charge in [-0.05, 0) is 12.0 Å². The molecule has 0 saturated heterocycles. The molecule has 3 aromatic heterocycles. The van der Waals surface area contributed by atoms with Crippen LogP contribution in [0.4, 0.5) is 5.13 Å². The van der Waals surface area contributed by atoms with Crippen molar-refractivity contribution in [1.82, 2.24) is 29.6 Å². The van der Waals surface area contributed by atoms with E-state index >= 15 is 0 Å². The number of nitrogens with two attached hydrogens (primary N) is 1. The van der Waals surface area contributed by atoms with Gasteiger partial charge in [-0.15, -0.1) is 15.3 Å². The number of fused-ring (bicyclic) bond motifs is 1. The van der Waals surface area contributed by atoms with Crippen molar-refractivity contribution in [2.75, 3.05) is 5.73 Å². The molecule has 3 heterocycles. The summed E-state index contributed by atoms with van der Waals surface area (Å²) in [7, 11) is 0. The molecule has 0 aromatic carbocycles. The lowest BCUT2D eigenvalue weighted by Crippen LogP contribution is -2.08. The van der Waals surface area contributed by atoms with Gasteiger partial charge in [0.2, 0.25) is 15.9 Å². The van der Waals surface area contributed by atoms with E-state index in [-0.39, 0.29) is 0 Å². The lowest BCUT2D eigenvalue weighted by Gasteiger charge is -2.07. The fourth-order valence-electron chi connectivity index (χ4n) is 1.81. The van der Waals surface area contributed by atoms with Crippen LogP contribution in [0.15, 0.2) is 12.3 Å². The Balaban J connectivity index is 2.11. The van der Waals surface area contributed by atoms with Gasteiger partial charge in [-0.2, -0.15) is 9.61 Å². The molecule has 94 valence electrons. The Labute approximate surface area is 107 Å². The van der Waals surface area contributed by atoms with E-state index in [4.69, 9.17) is 5.73 Å². The molecule has 0 aliphatic heterocycles. The highest BCUT2D eigenvalue weighted by atomic mass is 32.1. The minimum Gasteiger partial charge on any atom is -0.374 e. The first kappa shape index (κ1) is 11.1. The van der Waals surface area contributed by atoms with Crippen molar-refractivity contribution < 1.29 is 0 Å². The quantitative estimate of drug-likeness (QED) is 0.769. The van der Waals surface area contributed by atoms with Gasteiger partial charge in [-0.25, -0.2) is 0 Å². The van der Waals surface area contributed by atoms with Crippen LogP contribution in [-0.4, -0.2) is 29.6 Å². The fourth-order valence-corrected chi connectivity index (χ4v) is 2.41. The monoisotopic (exact) mass is 263 g/mol. The first-order valence-electron chi connectivity index (χ1n) is 5.65. The SMILES string of the molecule is CC(C)Cn1nccc1-c1nnc2sc(N)nn12. The Bertz CT molecular complexity index is 677. The van der Waals surface area contributed by atoms with Crippen LogP contribution >= 0.6 is 11.3 Å². The zero-order valence-corrected chi connectivity index (χ0v) is 10.9. The number of hydrogen-bond donors (Lipinski definition) is 1. The predicted octanol–water partition coefficient (Wildman–Crippen LogP) is 1.29. The van der Waals surface area contributed by atoms with Gasteiger partial charge in [0.1, 0.15) is 5.69 Å². The Morgan fingerprint density at radius 3 is 3.00 bits per heavy atom. The first-order chi connectivity index (χ1) is 8.65. The van der Waals surface area contributed by atoms with Crippen molar-refractivity contribution >= 4 is 21.4 Å². The number of nitrogens with zero attached hydrogens (tertiary/aromatic N) is 6. The Morgan fingerprint density at radius 2 is 2.22 bits per heavy atom. The lowest BCUT2D eigenvalue weighted by molar-refractivity contribution is 0.486. The maximum atomic E-state index is 5.67. The zero-order valence-electron chi connectivity index (χ0n) is 10.1. The maximum absolute atomic E-state index is 5.67. The van der Waals surface area contributed by atoms with Gasteiger partial charge in [0.25, 0.3) is 0 Å². The van der Waals surface area contributed by atoms with Crippen molar-refractivity contribution in [2.45, 2.75) is 20.4 Å². The molecule has 2 N–H and O–H groups in total. The number of aromatic nitrogens is 6. The largest absolute Gasteiger partial charge is 0.374 e. The van der Waals surface area contributed by atoms with Crippen LogP contribution in [0.2, 0.25) is 0 Å². The molecule has 0 atom stereocenters. The molecule has 8 heteroatoms. The molecule has 0 aliphatic rings. The third kappa shape index (κ3) is 1.74. The smallest absolute Gasteiger partial charge is 0.236 e. The molecule has 3 rings (SSSR count). The second kappa shape index (κ2) is 4.05. The van der Waals surface area contributed by atoms with Gasteiger partial charge < -0.3 is 5.73 Å². The van der Waals surface area contributed by atoms with E-state index < -0.39 is 0 Å². The minimum absolute atomic E-state index is 0.482. The number of hydrogen-bond acceptors (Lipinski definition) is 6. The Kier molecular flexibility index (Phi) is 2.51. The molecule has 0 radical (unpaired) electrons. The van der Waals surface area contributed by atoms with Gasteiger partial charge >= 0.3 is 0 Å². The molecular weight excluding hydrogens is 250 g/mol. The molecule has 0 aliphatic carbocycles. The normalized spacial score (nSPS) is 11.7. The van der Waals surface area contributed by atoms with E-state index in [9.17, 15) is 0 Å². The third-order valence-electron chi connectivity index (χ3n) is 2.49. The number of rotatable bonds is 3. The van der Waals surface area contributed by atoms with Gasteiger partial charge in [-0.1, -0.05) is 25.2 Å². The summed E-state index contributed by atoms with van der Waals surface area (Å²) in [5.41, 5.74) is 6.58. The van der Waals surface area contributed by atoms with E-state index in [1.807, 2.05) is 10.7 Å². The molecule has 0 bridgehead atoms. The molecule has 0 fully saturated rings. The van der Waals surface area contributed by atoms with Crippen LogP contribution in [0.3, 0.4) is 0 Å². The Hall–Kier alpha value is -1.96. The minimum atomic E-state index is 0.482. The van der Waals surface area contributed by atoms with Crippen molar-refractivity contribution in [3.05, 3.63) is 12.3 Å². The molecular formula is C10H13N7S. The van der Waals surface area contributed by atoms with E-state index in [0.717, 1.165) is 12.2 Å². The molecule has 0 amide bonds. The van der Waals surface area contributed by atoms with Crippen molar-refractivity contribution in [1.29, 1.82) is 0 Å². The van der Waals surface area contributed by atoms with Gasteiger partial charge in [0, 0.05) is 12.7 Å². The summed E-state index contributed by atoms with van der Waals surface area (Å²) in [5.74, 6) is 1.18. The number of anilines is 1. The van der Waals surface area contributed by atoms with E-state index in [2.05, 4.69) is 34.2 Å². The summed E-state index contributed by atoms with van der Waals surface area (Å²) < 4.78 is 3.57. The summed E-state index contributed by atoms with van der Waals surface area (Å²) in [6.45, 7) is 5.12. The fraction of sp³-hybridized carbons (Fsp3) is 0.400. The maximum Gasteiger partial charge on any atom is 0.236 e. The molecule has 18 heavy (non-hydrogen) atoms. The first-order valence-corrected chi connectivity index (χ1v) is 6.46. The highest BCUT2D eigenvalue weighted by Crippen LogP contribution is 2.22. The summed E-state index contributed by atoms with van der Waals surface area (Å²) in [5, 5.41) is 17.2. The topological polar surface area (TPSA) is 86.9 Å². The average Bonchev–Trinajstić information content (AvgIpc) is 2.92. The second-order valence-corrected chi connectivity index (χ2v) is 5.44. The predicted molar refractivity (Wildman–Crippen MR) is 69.1 cm³/mol. The molecule has 0 unspecified atom stereocenters. The lowest BCUT2D eigenvalue weighted by atomic mass is 10.2. The zero-order chi connectivity index (χ0) is 12.7. The van der Waals surface area contributed by atoms with E-state index in [0.29, 0.717) is 21.8 Å². The molecule has 7 nitrogen and oxygen atoms in total. The summed E-state index contributed by atoms with van der Waals surface area (Å²) in [4.78, 5) is 0.694. The van der Waals surface area contributed by atoms with Crippen molar-refractivity contribution in [3.8, 4) is 11.5 Å². The van der Waals surface area contributed by atoms with Gasteiger partial charge in [-0.3, -0.25) is 4.68 Å². The molecule has 0 saturated carbocycles. The van der Waals surface area contributed by atoms with Crippen LogP contribution in [0, 0.1) is 5.92 Å². The van der Waals surface area contributed by atoms with Crippen molar-refractivity contribution in [2.24, 2.45) is 5.92 Å². The highest BCUT2D eigenvalue weighted by molar-refractivity contribution is 7.20. The second-order valence-electron chi connectivity index (χ2n) is 4.45. The standard InChI is InChI=1S/C10H13N7S/c1-6(2)5-16-7(3-4-12-16)8-13-14-10-17(8)15-9(11)18-10/h3-4,6H,5H2,1-2H3,(H2,11,15). The Morgan fingerprint density at radius 1 is 1.39 bits per heavy atom. The summed E-state index contributed by atoms with van der Waals surface area (Å²) in [6, 6.07) is 1.91. The van der Waals surface area contributed by atoms with Crippen LogP contribution < -0.4 is 5.73 Å². The third-order valence-corrected chi connectivity index (χ3v) is 3.22. The summed E-state index contributed by atoms with van der Waals surface area (Å²) in [6.07, 6.45) is 1.76.